The maximum Gasteiger partial charge on any atom is 0.261 e. The number of aryl methyl sites for hydroxylation is 1. The molecule has 0 aliphatic rings. The lowest BCUT2D eigenvalue weighted by atomic mass is 9.95. The van der Waals surface area contributed by atoms with Gasteiger partial charge in [-0.05, 0) is 60.0 Å². The smallest absolute Gasteiger partial charge is 0.261 e. The van der Waals surface area contributed by atoms with Crippen LogP contribution in [0.5, 0.6) is 0 Å². The van der Waals surface area contributed by atoms with Gasteiger partial charge in [0.25, 0.3) is 5.56 Å². The number of benzene rings is 3. The lowest BCUT2D eigenvalue weighted by Gasteiger charge is -2.12. The Balaban J connectivity index is 1.76. The minimum absolute atomic E-state index is 0.0662. The zero-order chi connectivity index (χ0) is 21.4. The fraction of sp³-hybridized carbons (Fsp3) is 0.0800. The molecule has 5 heteroatoms. The molecule has 0 saturated heterocycles. The molecule has 0 fully saturated rings. The van der Waals surface area contributed by atoms with E-state index in [2.05, 4.69) is 11.6 Å². The van der Waals surface area contributed by atoms with Gasteiger partial charge < -0.3 is 0 Å². The highest BCUT2D eigenvalue weighted by Crippen LogP contribution is 2.28. The van der Waals surface area contributed by atoms with Crippen molar-refractivity contribution in [2.75, 3.05) is 0 Å². The molecule has 148 valence electrons. The van der Waals surface area contributed by atoms with Crippen LogP contribution >= 0.6 is 11.6 Å². The van der Waals surface area contributed by atoms with Crippen molar-refractivity contribution in [3.8, 4) is 11.1 Å². The molecule has 4 nitrogen and oxygen atoms in total. The van der Waals surface area contributed by atoms with Crippen LogP contribution < -0.4 is 5.56 Å². The number of aromatic nitrogens is 2. The second-order valence-corrected chi connectivity index (χ2v) is 7.52. The molecule has 4 rings (SSSR count). The Hall–Kier alpha value is -3.50. The molecule has 0 N–H and O–H groups in total. The van der Waals surface area contributed by atoms with Crippen molar-refractivity contribution in [2.24, 2.45) is 7.05 Å². The van der Waals surface area contributed by atoms with Gasteiger partial charge in [-0.2, -0.15) is 0 Å². The van der Waals surface area contributed by atoms with Gasteiger partial charge >= 0.3 is 0 Å². The Morgan fingerprint density at radius 2 is 1.60 bits per heavy atom. The van der Waals surface area contributed by atoms with Crippen LogP contribution in [0.25, 0.3) is 28.1 Å². The first-order chi connectivity index (χ1) is 14.4. The summed E-state index contributed by atoms with van der Waals surface area (Å²) < 4.78 is 1.50. The number of carbonyl (C=O) groups excluding carboxylic acids is 1. The minimum atomic E-state index is -0.108. The van der Waals surface area contributed by atoms with Crippen LogP contribution in [0.4, 0.5) is 0 Å². The summed E-state index contributed by atoms with van der Waals surface area (Å²) in [6.07, 6.45) is 1.57. The Kier molecular flexibility index (Phi) is 5.10. The van der Waals surface area contributed by atoms with E-state index < -0.39 is 0 Å². The Morgan fingerprint density at radius 1 is 1.00 bits per heavy atom. The van der Waals surface area contributed by atoms with Crippen molar-refractivity contribution in [3.63, 3.8) is 0 Å². The van der Waals surface area contributed by atoms with Crippen LogP contribution in [0, 0.1) is 6.92 Å². The third-order valence-corrected chi connectivity index (χ3v) is 5.54. The Bertz CT molecular complexity index is 1350. The zero-order valence-electron chi connectivity index (χ0n) is 16.6. The molecule has 0 aliphatic heterocycles. The fourth-order valence-corrected chi connectivity index (χ4v) is 3.72. The number of carbonyl (C=O) groups is 1. The molecule has 0 spiro atoms. The van der Waals surface area contributed by atoms with Crippen molar-refractivity contribution < 1.29 is 4.79 Å². The Labute approximate surface area is 179 Å². The average Bonchev–Trinajstić information content (AvgIpc) is 2.76. The van der Waals surface area contributed by atoms with E-state index in [0.717, 1.165) is 16.7 Å². The van der Waals surface area contributed by atoms with Gasteiger partial charge in [0, 0.05) is 23.2 Å². The van der Waals surface area contributed by atoms with E-state index >= 15 is 0 Å². The van der Waals surface area contributed by atoms with Gasteiger partial charge in [-0.1, -0.05) is 48.5 Å². The fourth-order valence-electron chi connectivity index (χ4n) is 3.60. The van der Waals surface area contributed by atoms with Gasteiger partial charge in [-0.25, -0.2) is 4.98 Å². The first kappa shape index (κ1) is 19.8. The van der Waals surface area contributed by atoms with Crippen LogP contribution in [-0.2, 0) is 7.05 Å². The van der Waals surface area contributed by atoms with E-state index in [1.807, 2.05) is 31.2 Å². The van der Waals surface area contributed by atoms with E-state index in [9.17, 15) is 9.59 Å². The summed E-state index contributed by atoms with van der Waals surface area (Å²) >= 11 is 5.90. The molecule has 1 heterocycles. The monoisotopic (exact) mass is 414 g/mol. The first-order valence-corrected chi connectivity index (χ1v) is 9.82. The number of ketones is 1. The summed E-state index contributed by atoms with van der Waals surface area (Å²) in [5.74, 6) is 0.466. The van der Waals surface area contributed by atoms with Gasteiger partial charge in [0.05, 0.1) is 10.9 Å². The van der Waals surface area contributed by atoms with E-state index in [-0.39, 0.29) is 11.3 Å². The molecular formula is C25H19ClN2O2. The summed E-state index contributed by atoms with van der Waals surface area (Å²) in [6, 6.07) is 18.0. The highest BCUT2D eigenvalue weighted by Gasteiger charge is 2.14. The van der Waals surface area contributed by atoms with Crippen LogP contribution in [-0.4, -0.2) is 15.3 Å². The first-order valence-electron chi connectivity index (χ1n) is 9.44. The van der Waals surface area contributed by atoms with Crippen molar-refractivity contribution in [3.05, 3.63) is 105 Å². The van der Waals surface area contributed by atoms with Crippen LogP contribution in [0.1, 0.15) is 27.3 Å². The minimum Gasteiger partial charge on any atom is -0.296 e. The highest BCUT2D eigenvalue weighted by atomic mass is 35.5. The molecule has 3 aromatic carbocycles. The number of fused-ring (bicyclic) bond motifs is 1. The largest absolute Gasteiger partial charge is 0.296 e. The predicted octanol–water partition coefficient (Wildman–Crippen LogP) is 5.44. The Morgan fingerprint density at radius 3 is 2.20 bits per heavy atom. The number of hydrogen-bond acceptors (Lipinski definition) is 3. The highest BCUT2D eigenvalue weighted by molar-refractivity contribution is 6.30. The quantitative estimate of drug-likeness (QED) is 0.418. The predicted molar refractivity (Wildman–Crippen MR) is 122 cm³/mol. The molecule has 30 heavy (non-hydrogen) atoms. The van der Waals surface area contributed by atoms with Crippen molar-refractivity contribution in [1.82, 2.24) is 9.55 Å². The molecule has 0 aliphatic carbocycles. The topological polar surface area (TPSA) is 52.0 Å². The van der Waals surface area contributed by atoms with Gasteiger partial charge in [0.1, 0.15) is 5.82 Å². The molecule has 1 aromatic heterocycles. The van der Waals surface area contributed by atoms with Crippen LogP contribution in [0.3, 0.4) is 0 Å². The van der Waals surface area contributed by atoms with Crippen molar-refractivity contribution in [1.29, 1.82) is 0 Å². The number of hydrogen-bond donors (Lipinski definition) is 0. The molecule has 4 aromatic rings. The lowest BCUT2D eigenvalue weighted by molar-refractivity contribution is 0.103. The van der Waals surface area contributed by atoms with Crippen molar-refractivity contribution >= 4 is 34.4 Å². The summed E-state index contributed by atoms with van der Waals surface area (Å²) in [5.41, 5.74) is 4.42. The maximum atomic E-state index is 12.9. The van der Waals surface area contributed by atoms with Crippen molar-refractivity contribution in [2.45, 2.75) is 6.92 Å². The second-order valence-electron chi connectivity index (χ2n) is 7.08. The second kappa shape index (κ2) is 7.73. The van der Waals surface area contributed by atoms with E-state index in [1.165, 1.54) is 4.57 Å². The van der Waals surface area contributed by atoms with Gasteiger partial charge in [0.15, 0.2) is 5.78 Å². The van der Waals surface area contributed by atoms with Gasteiger partial charge in [-0.3, -0.25) is 14.2 Å². The van der Waals surface area contributed by atoms with Gasteiger partial charge in [0.2, 0.25) is 0 Å². The molecule has 0 radical (unpaired) electrons. The number of halogens is 1. The van der Waals surface area contributed by atoms with E-state index in [0.29, 0.717) is 32.9 Å². The summed E-state index contributed by atoms with van der Waals surface area (Å²) in [7, 11) is 1.69. The molecule has 0 bridgehead atoms. The number of nitrogens with zero attached hydrogens (tertiary/aromatic N) is 2. The average molecular weight is 415 g/mol. The van der Waals surface area contributed by atoms with Crippen LogP contribution in [0.2, 0.25) is 5.02 Å². The summed E-state index contributed by atoms with van der Waals surface area (Å²) in [4.78, 5) is 30.1. The third-order valence-electron chi connectivity index (χ3n) is 5.29. The molecule has 0 saturated carbocycles. The molecule has 0 atom stereocenters. The normalized spacial score (nSPS) is 10.9. The maximum absolute atomic E-state index is 12.9. The van der Waals surface area contributed by atoms with Gasteiger partial charge in [-0.15, -0.1) is 0 Å². The molecule has 0 amide bonds. The zero-order valence-corrected chi connectivity index (χ0v) is 17.4. The lowest BCUT2D eigenvalue weighted by Crippen LogP contribution is -2.21. The molecule has 0 unspecified atom stereocenters. The standard InChI is InChI=1S/C25H19ClN2O2/c1-4-22-27-21-14-13-20(15(2)23(21)25(30)28(22)3)16-5-7-17(8-6-16)24(29)18-9-11-19(26)12-10-18/h4-14H,1H2,2-3H3. The summed E-state index contributed by atoms with van der Waals surface area (Å²) in [6.45, 7) is 5.64. The molecular weight excluding hydrogens is 396 g/mol. The SMILES string of the molecule is C=Cc1nc2ccc(-c3ccc(C(=O)c4ccc(Cl)cc4)cc3)c(C)c2c(=O)n1C. The third kappa shape index (κ3) is 3.36. The van der Waals surface area contributed by atoms with E-state index in [4.69, 9.17) is 11.6 Å². The summed E-state index contributed by atoms with van der Waals surface area (Å²) in [5, 5.41) is 1.18. The van der Waals surface area contributed by atoms with E-state index in [1.54, 1.807) is 49.5 Å². The number of rotatable bonds is 4. The van der Waals surface area contributed by atoms with Crippen LogP contribution in [0.15, 0.2) is 72.0 Å².